The van der Waals surface area contributed by atoms with Crippen molar-refractivity contribution in [3.63, 3.8) is 0 Å². The third kappa shape index (κ3) is 4.77. The van der Waals surface area contributed by atoms with Crippen LogP contribution in [0.2, 0.25) is 0 Å². The molecule has 0 aliphatic carbocycles. The molecule has 0 saturated carbocycles. The highest BCUT2D eigenvalue weighted by Gasteiger charge is 2.23. The Morgan fingerprint density at radius 1 is 1.29 bits per heavy atom. The standard InChI is InChI=1S/C16H25N3O2/c1-5-9-19(11-15(20)18(3)4)16(21)12(2)13-7-6-8-14(17)10-13/h6-8,10,12H,5,9,11,17H2,1-4H3. The molecule has 2 amide bonds. The van der Waals surface area contributed by atoms with E-state index < -0.39 is 0 Å². The van der Waals surface area contributed by atoms with Crippen molar-refractivity contribution in [2.24, 2.45) is 0 Å². The second kappa shape index (κ2) is 7.67. The van der Waals surface area contributed by atoms with E-state index in [0.29, 0.717) is 12.2 Å². The lowest BCUT2D eigenvalue weighted by molar-refractivity contribution is -0.140. The van der Waals surface area contributed by atoms with Crippen LogP contribution in [0.5, 0.6) is 0 Å². The number of carbonyl (C=O) groups excluding carboxylic acids is 2. The van der Waals surface area contributed by atoms with Crippen molar-refractivity contribution in [3.05, 3.63) is 29.8 Å². The Balaban J connectivity index is 2.87. The fourth-order valence-electron chi connectivity index (χ4n) is 2.09. The van der Waals surface area contributed by atoms with Gasteiger partial charge in [0.2, 0.25) is 11.8 Å². The maximum absolute atomic E-state index is 12.6. The van der Waals surface area contributed by atoms with E-state index in [4.69, 9.17) is 5.73 Å². The van der Waals surface area contributed by atoms with Gasteiger partial charge in [0.25, 0.3) is 0 Å². The van der Waals surface area contributed by atoms with E-state index in [1.807, 2.05) is 26.0 Å². The summed E-state index contributed by atoms with van der Waals surface area (Å²) in [5.74, 6) is -0.427. The summed E-state index contributed by atoms with van der Waals surface area (Å²) in [7, 11) is 3.39. The van der Waals surface area contributed by atoms with Crippen LogP contribution in [0.25, 0.3) is 0 Å². The molecule has 0 saturated heterocycles. The number of benzene rings is 1. The number of hydrogen-bond donors (Lipinski definition) is 1. The Bertz CT molecular complexity index is 500. The van der Waals surface area contributed by atoms with Gasteiger partial charge in [-0.05, 0) is 31.0 Å². The molecule has 1 rings (SSSR count). The number of rotatable bonds is 6. The number of amides is 2. The molecule has 1 atom stereocenters. The van der Waals surface area contributed by atoms with E-state index >= 15 is 0 Å². The van der Waals surface area contributed by atoms with Crippen LogP contribution in [0, 0.1) is 0 Å². The van der Waals surface area contributed by atoms with Gasteiger partial charge in [-0.2, -0.15) is 0 Å². The van der Waals surface area contributed by atoms with E-state index in [-0.39, 0.29) is 24.3 Å². The molecule has 0 spiro atoms. The minimum absolute atomic E-state index is 0.0438. The highest BCUT2D eigenvalue weighted by molar-refractivity contribution is 5.88. The number of hydrogen-bond acceptors (Lipinski definition) is 3. The zero-order valence-electron chi connectivity index (χ0n) is 13.3. The quantitative estimate of drug-likeness (QED) is 0.811. The molecular weight excluding hydrogens is 266 g/mol. The van der Waals surface area contributed by atoms with Crippen molar-refractivity contribution in [1.82, 2.24) is 9.80 Å². The number of nitrogen functional groups attached to an aromatic ring is 1. The molecule has 21 heavy (non-hydrogen) atoms. The lowest BCUT2D eigenvalue weighted by Crippen LogP contribution is -2.42. The molecule has 116 valence electrons. The van der Waals surface area contributed by atoms with Crippen molar-refractivity contribution in [2.75, 3.05) is 32.9 Å². The molecule has 1 aromatic carbocycles. The summed E-state index contributed by atoms with van der Waals surface area (Å²) in [6.07, 6.45) is 0.816. The van der Waals surface area contributed by atoms with Crippen LogP contribution in [0.4, 0.5) is 5.69 Å². The van der Waals surface area contributed by atoms with Crippen molar-refractivity contribution >= 4 is 17.5 Å². The smallest absolute Gasteiger partial charge is 0.241 e. The summed E-state index contributed by atoms with van der Waals surface area (Å²) < 4.78 is 0. The average Bonchev–Trinajstić information content (AvgIpc) is 2.45. The zero-order chi connectivity index (χ0) is 16.0. The Morgan fingerprint density at radius 2 is 1.95 bits per heavy atom. The molecule has 0 fully saturated rings. The van der Waals surface area contributed by atoms with Gasteiger partial charge in [-0.25, -0.2) is 0 Å². The second-order valence-electron chi connectivity index (χ2n) is 5.44. The van der Waals surface area contributed by atoms with Crippen molar-refractivity contribution in [2.45, 2.75) is 26.2 Å². The second-order valence-corrected chi connectivity index (χ2v) is 5.44. The summed E-state index contributed by atoms with van der Waals surface area (Å²) >= 11 is 0. The van der Waals surface area contributed by atoms with Gasteiger partial charge >= 0.3 is 0 Å². The van der Waals surface area contributed by atoms with E-state index in [9.17, 15) is 9.59 Å². The van der Waals surface area contributed by atoms with Gasteiger partial charge < -0.3 is 15.5 Å². The molecule has 0 heterocycles. The third-order valence-electron chi connectivity index (χ3n) is 3.41. The fourth-order valence-corrected chi connectivity index (χ4v) is 2.09. The van der Waals surface area contributed by atoms with Gasteiger partial charge in [-0.3, -0.25) is 9.59 Å². The molecule has 0 radical (unpaired) electrons. The summed E-state index contributed by atoms with van der Waals surface area (Å²) in [6, 6.07) is 7.32. The number of anilines is 1. The monoisotopic (exact) mass is 291 g/mol. The Kier molecular flexibility index (Phi) is 6.21. The molecule has 0 aliphatic rings. The molecule has 1 unspecified atom stereocenters. The highest BCUT2D eigenvalue weighted by atomic mass is 16.2. The summed E-state index contributed by atoms with van der Waals surface area (Å²) in [4.78, 5) is 27.6. The van der Waals surface area contributed by atoms with Crippen LogP contribution in [0.3, 0.4) is 0 Å². The maximum Gasteiger partial charge on any atom is 0.241 e. The third-order valence-corrected chi connectivity index (χ3v) is 3.41. The number of nitrogens with two attached hydrogens (primary N) is 1. The topological polar surface area (TPSA) is 66.6 Å². The predicted molar refractivity (Wildman–Crippen MR) is 84.8 cm³/mol. The largest absolute Gasteiger partial charge is 0.399 e. The van der Waals surface area contributed by atoms with Gasteiger partial charge in [0.05, 0.1) is 12.5 Å². The molecule has 0 aromatic heterocycles. The SMILES string of the molecule is CCCN(CC(=O)N(C)C)C(=O)C(C)c1cccc(N)c1. The molecule has 0 aliphatic heterocycles. The highest BCUT2D eigenvalue weighted by Crippen LogP contribution is 2.20. The first-order chi connectivity index (χ1) is 9.86. The van der Waals surface area contributed by atoms with Crippen molar-refractivity contribution in [3.8, 4) is 0 Å². The molecule has 1 aromatic rings. The van der Waals surface area contributed by atoms with Crippen LogP contribution in [-0.4, -0.2) is 48.8 Å². The fraction of sp³-hybridized carbons (Fsp3) is 0.500. The van der Waals surface area contributed by atoms with Crippen LogP contribution >= 0.6 is 0 Å². The van der Waals surface area contributed by atoms with Gasteiger partial charge in [0.15, 0.2) is 0 Å². The minimum Gasteiger partial charge on any atom is -0.399 e. The van der Waals surface area contributed by atoms with Crippen LogP contribution in [0.1, 0.15) is 31.7 Å². The molecule has 0 bridgehead atoms. The number of nitrogens with zero attached hydrogens (tertiary/aromatic N) is 2. The molecular formula is C16H25N3O2. The van der Waals surface area contributed by atoms with Gasteiger partial charge in [0.1, 0.15) is 0 Å². The Morgan fingerprint density at radius 3 is 2.48 bits per heavy atom. The Hall–Kier alpha value is -2.04. The van der Waals surface area contributed by atoms with Crippen LogP contribution in [0.15, 0.2) is 24.3 Å². The van der Waals surface area contributed by atoms with E-state index in [1.54, 1.807) is 31.1 Å². The van der Waals surface area contributed by atoms with Crippen molar-refractivity contribution in [1.29, 1.82) is 0 Å². The number of likely N-dealkylation sites (N-methyl/N-ethyl adjacent to an activating group) is 1. The van der Waals surface area contributed by atoms with Crippen molar-refractivity contribution < 1.29 is 9.59 Å². The van der Waals surface area contributed by atoms with Gasteiger partial charge in [-0.1, -0.05) is 19.1 Å². The lowest BCUT2D eigenvalue weighted by atomic mass is 9.99. The maximum atomic E-state index is 12.6. The average molecular weight is 291 g/mol. The van der Waals surface area contributed by atoms with Gasteiger partial charge in [-0.15, -0.1) is 0 Å². The molecule has 5 nitrogen and oxygen atoms in total. The normalized spacial score (nSPS) is 11.8. The molecule has 2 N–H and O–H groups in total. The van der Waals surface area contributed by atoms with E-state index in [2.05, 4.69) is 0 Å². The van der Waals surface area contributed by atoms with Gasteiger partial charge in [0, 0.05) is 26.3 Å². The minimum atomic E-state index is -0.310. The Labute approximate surface area is 126 Å². The summed E-state index contributed by atoms with van der Waals surface area (Å²) in [6.45, 7) is 4.53. The summed E-state index contributed by atoms with van der Waals surface area (Å²) in [5.41, 5.74) is 7.28. The van der Waals surface area contributed by atoms with Crippen LogP contribution in [-0.2, 0) is 9.59 Å². The van der Waals surface area contributed by atoms with E-state index in [1.165, 1.54) is 4.90 Å². The van der Waals surface area contributed by atoms with Crippen LogP contribution < -0.4 is 5.73 Å². The first kappa shape index (κ1) is 17.0. The molecule has 5 heteroatoms. The zero-order valence-corrected chi connectivity index (χ0v) is 13.3. The lowest BCUT2D eigenvalue weighted by Gasteiger charge is -2.26. The summed E-state index contributed by atoms with van der Waals surface area (Å²) in [5, 5.41) is 0. The number of carbonyl (C=O) groups is 2. The first-order valence-electron chi connectivity index (χ1n) is 7.21. The first-order valence-corrected chi connectivity index (χ1v) is 7.21. The predicted octanol–water partition coefficient (Wildman–Crippen LogP) is 1.70. The van der Waals surface area contributed by atoms with E-state index in [0.717, 1.165) is 12.0 Å².